The lowest BCUT2D eigenvalue weighted by Gasteiger charge is -2.32. The number of hydrogen-bond donors (Lipinski definition) is 2. The number of nitrogens with zero attached hydrogens (tertiary/aromatic N) is 1. The number of rotatable bonds is 5. The van der Waals surface area contributed by atoms with Crippen LogP contribution in [0.4, 0.5) is 11.4 Å². The summed E-state index contributed by atoms with van der Waals surface area (Å²) in [5, 5.41) is 2.95. The van der Waals surface area contributed by atoms with Gasteiger partial charge in [0.25, 0.3) is 0 Å². The SMILES string of the molecule is CCC(C)C(N)C(=O)Nc1cccc(N2CCC(C)CC2)c1.Cl. The average molecular weight is 340 g/mol. The molecule has 1 amide bonds. The number of halogens is 1. The Hall–Kier alpha value is -1.26. The van der Waals surface area contributed by atoms with Crippen LogP contribution in [0.2, 0.25) is 0 Å². The van der Waals surface area contributed by atoms with E-state index < -0.39 is 6.04 Å². The Morgan fingerprint density at radius 1 is 1.39 bits per heavy atom. The Morgan fingerprint density at radius 3 is 2.65 bits per heavy atom. The van der Waals surface area contributed by atoms with E-state index in [9.17, 15) is 4.79 Å². The van der Waals surface area contributed by atoms with Crippen molar-refractivity contribution in [2.24, 2.45) is 17.6 Å². The molecule has 2 atom stereocenters. The molecule has 23 heavy (non-hydrogen) atoms. The van der Waals surface area contributed by atoms with Crippen LogP contribution in [0.1, 0.15) is 40.0 Å². The second-order valence-electron chi connectivity index (χ2n) is 6.62. The van der Waals surface area contributed by atoms with Gasteiger partial charge >= 0.3 is 0 Å². The van der Waals surface area contributed by atoms with Crippen molar-refractivity contribution in [2.75, 3.05) is 23.3 Å². The van der Waals surface area contributed by atoms with E-state index in [1.165, 1.54) is 18.5 Å². The maximum Gasteiger partial charge on any atom is 0.241 e. The molecule has 5 heteroatoms. The molecule has 0 bridgehead atoms. The van der Waals surface area contributed by atoms with Gasteiger partial charge in [-0.2, -0.15) is 0 Å². The highest BCUT2D eigenvalue weighted by Crippen LogP contribution is 2.25. The van der Waals surface area contributed by atoms with Crippen LogP contribution in [0, 0.1) is 11.8 Å². The first-order valence-electron chi connectivity index (χ1n) is 8.42. The van der Waals surface area contributed by atoms with Crippen molar-refractivity contribution in [1.82, 2.24) is 0 Å². The van der Waals surface area contributed by atoms with Gasteiger partial charge in [-0.3, -0.25) is 4.79 Å². The number of anilines is 2. The summed E-state index contributed by atoms with van der Waals surface area (Å²) >= 11 is 0. The second-order valence-corrected chi connectivity index (χ2v) is 6.62. The first-order valence-corrected chi connectivity index (χ1v) is 8.42. The molecule has 0 aromatic heterocycles. The molecule has 0 saturated carbocycles. The van der Waals surface area contributed by atoms with Gasteiger partial charge in [0, 0.05) is 24.5 Å². The van der Waals surface area contributed by atoms with Crippen molar-refractivity contribution in [3.05, 3.63) is 24.3 Å². The molecule has 2 rings (SSSR count). The molecule has 0 radical (unpaired) electrons. The first kappa shape index (κ1) is 19.8. The maximum absolute atomic E-state index is 12.2. The molecule has 1 fully saturated rings. The summed E-state index contributed by atoms with van der Waals surface area (Å²) in [5.41, 5.74) is 8.01. The van der Waals surface area contributed by atoms with Gasteiger partial charge < -0.3 is 16.0 Å². The average Bonchev–Trinajstić information content (AvgIpc) is 2.54. The molecule has 1 aliphatic heterocycles. The normalized spacial score (nSPS) is 18.0. The van der Waals surface area contributed by atoms with E-state index in [1.807, 2.05) is 19.1 Å². The summed E-state index contributed by atoms with van der Waals surface area (Å²) in [7, 11) is 0. The van der Waals surface area contributed by atoms with Crippen LogP contribution in [0.5, 0.6) is 0 Å². The van der Waals surface area contributed by atoms with E-state index in [0.29, 0.717) is 0 Å². The Morgan fingerprint density at radius 2 is 2.04 bits per heavy atom. The summed E-state index contributed by atoms with van der Waals surface area (Å²) in [4.78, 5) is 14.6. The maximum atomic E-state index is 12.2. The fourth-order valence-electron chi connectivity index (χ4n) is 2.79. The summed E-state index contributed by atoms with van der Waals surface area (Å²) in [6, 6.07) is 7.64. The van der Waals surface area contributed by atoms with Gasteiger partial charge in [0.2, 0.25) is 5.91 Å². The molecule has 1 saturated heterocycles. The van der Waals surface area contributed by atoms with E-state index in [2.05, 4.69) is 36.2 Å². The third-order valence-corrected chi connectivity index (χ3v) is 4.82. The minimum absolute atomic E-state index is 0. The zero-order valence-corrected chi connectivity index (χ0v) is 15.2. The highest BCUT2D eigenvalue weighted by atomic mass is 35.5. The Labute approximate surface area is 146 Å². The Kier molecular flexibility index (Phi) is 7.86. The Balaban J connectivity index is 0.00000264. The number of carbonyl (C=O) groups excluding carboxylic acids is 1. The summed E-state index contributed by atoms with van der Waals surface area (Å²) in [5.74, 6) is 0.901. The van der Waals surface area contributed by atoms with Crippen molar-refractivity contribution in [1.29, 1.82) is 0 Å². The summed E-state index contributed by atoms with van der Waals surface area (Å²) in [6.07, 6.45) is 3.37. The number of amides is 1. The molecular formula is C18H30ClN3O. The third kappa shape index (κ3) is 5.40. The van der Waals surface area contributed by atoms with Crippen LogP contribution in [0.25, 0.3) is 0 Å². The Bertz CT molecular complexity index is 501. The van der Waals surface area contributed by atoms with Gasteiger partial charge in [-0.05, 0) is 42.9 Å². The molecule has 4 nitrogen and oxygen atoms in total. The quantitative estimate of drug-likeness (QED) is 0.860. The number of carbonyl (C=O) groups is 1. The number of nitrogens with one attached hydrogen (secondary N) is 1. The second kappa shape index (κ2) is 9.14. The number of nitrogens with two attached hydrogens (primary N) is 1. The number of benzene rings is 1. The van der Waals surface area contributed by atoms with Crippen molar-refractivity contribution in [2.45, 2.75) is 46.1 Å². The van der Waals surface area contributed by atoms with Crippen LogP contribution in [0.3, 0.4) is 0 Å². The van der Waals surface area contributed by atoms with E-state index in [0.717, 1.165) is 31.1 Å². The molecule has 3 N–H and O–H groups in total. The smallest absolute Gasteiger partial charge is 0.241 e. The van der Waals surface area contributed by atoms with Gasteiger partial charge in [0.1, 0.15) is 0 Å². The molecule has 1 aliphatic rings. The fourth-order valence-corrected chi connectivity index (χ4v) is 2.79. The van der Waals surface area contributed by atoms with Gasteiger partial charge in [0.15, 0.2) is 0 Å². The first-order chi connectivity index (χ1) is 10.5. The third-order valence-electron chi connectivity index (χ3n) is 4.82. The predicted molar refractivity (Wildman–Crippen MR) is 100 cm³/mol. The van der Waals surface area contributed by atoms with Crippen LogP contribution in [0.15, 0.2) is 24.3 Å². The van der Waals surface area contributed by atoms with Crippen LogP contribution < -0.4 is 16.0 Å². The lowest BCUT2D eigenvalue weighted by Crippen LogP contribution is -2.40. The molecule has 130 valence electrons. The zero-order chi connectivity index (χ0) is 16.1. The van der Waals surface area contributed by atoms with Crippen LogP contribution >= 0.6 is 12.4 Å². The van der Waals surface area contributed by atoms with Crippen molar-refractivity contribution in [3.63, 3.8) is 0 Å². The molecule has 1 aromatic rings. The summed E-state index contributed by atoms with van der Waals surface area (Å²) < 4.78 is 0. The number of hydrogen-bond acceptors (Lipinski definition) is 3. The minimum atomic E-state index is -0.454. The fraction of sp³-hybridized carbons (Fsp3) is 0.611. The molecular weight excluding hydrogens is 310 g/mol. The van der Waals surface area contributed by atoms with Gasteiger partial charge in [-0.15, -0.1) is 12.4 Å². The summed E-state index contributed by atoms with van der Waals surface area (Å²) in [6.45, 7) is 8.55. The molecule has 0 spiro atoms. The van der Waals surface area contributed by atoms with E-state index >= 15 is 0 Å². The monoisotopic (exact) mass is 339 g/mol. The molecule has 0 aliphatic carbocycles. The van der Waals surface area contributed by atoms with E-state index in [4.69, 9.17) is 5.73 Å². The predicted octanol–water partition coefficient (Wildman–Crippen LogP) is 3.66. The minimum Gasteiger partial charge on any atom is -0.371 e. The highest BCUT2D eigenvalue weighted by molar-refractivity contribution is 5.95. The topological polar surface area (TPSA) is 58.4 Å². The van der Waals surface area contributed by atoms with Gasteiger partial charge in [-0.25, -0.2) is 0 Å². The number of piperidine rings is 1. The lowest BCUT2D eigenvalue weighted by atomic mass is 9.98. The molecule has 2 unspecified atom stereocenters. The molecule has 1 aromatic carbocycles. The van der Waals surface area contributed by atoms with Gasteiger partial charge in [-0.1, -0.05) is 33.3 Å². The molecule has 1 heterocycles. The van der Waals surface area contributed by atoms with E-state index in [1.54, 1.807) is 0 Å². The lowest BCUT2D eigenvalue weighted by molar-refractivity contribution is -0.118. The van der Waals surface area contributed by atoms with Crippen molar-refractivity contribution < 1.29 is 4.79 Å². The largest absolute Gasteiger partial charge is 0.371 e. The van der Waals surface area contributed by atoms with E-state index in [-0.39, 0.29) is 24.2 Å². The van der Waals surface area contributed by atoms with Crippen LogP contribution in [-0.4, -0.2) is 25.0 Å². The zero-order valence-electron chi connectivity index (χ0n) is 14.4. The highest BCUT2D eigenvalue weighted by Gasteiger charge is 2.20. The van der Waals surface area contributed by atoms with Crippen molar-refractivity contribution in [3.8, 4) is 0 Å². The van der Waals surface area contributed by atoms with Crippen molar-refractivity contribution >= 4 is 29.7 Å². The van der Waals surface area contributed by atoms with Gasteiger partial charge in [0.05, 0.1) is 6.04 Å². The standard InChI is InChI=1S/C18H29N3O.ClH/c1-4-14(3)17(19)18(22)20-15-6-5-7-16(12-15)21-10-8-13(2)9-11-21;/h5-7,12-14,17H,4,8-11,19H2,1-3H3,(H,20,22);1H. The van der Waals surface area contributed by atoms with Crippen LogP contribution in [-0.2, 0) is 4.79 Å².